The van der Waals surface area contributed by atoms with Crippen LogP contribution in [0.25, 0.3) is 11.2 Å². The van der Waals surface area contributed by atoms with Gasteiger partial charge in [0.2, 0.25) is 5.91 Å². The molecule has 2 aliphatic rings. The Morgan fingerprint density at radius 2 is 1.94 bits per heavy atom. The summed E-state index contributed by atoms with van der Waals surface area (Å²) in [4.78, 5) is 37.3. The minimum Gasteiger partial charge on any atom is -0.340 e. The second-order valence-corrected chi connectivity index (χ2v) is 8.69. The van der Waals surface area contributed by atoms with E-state index in [0.717, 1.165) is 48.7 Å². The number of pyridine rings is 1. The standard InChI is InChI=1S/C23H24ClN5O2/c1-14-13-17(20-21(25-14)29-11-4-2-3-5-19(29)27-20)22(30)26-18-10-12-28(23(18)31)16-8-6-15(24)7-9-16/h6-9,13,18H,2-5,10-12H2,1H3,(H,26,30)/t18-/m1/s1. The number of aromatic nitrogens is 3. The van der Waals surface area contributed by atoms with Gasteiger partial charge in [-0.15, -0.1) is 0 Å². The zero-order chi connectivity index (χ0) is 21.5. The second-order valence-electron chi connectivity index (χ2n) is 8.25. The lowest BCUT2D eigenvalue weighted by atomic mass is 10.1. The van der Waals surface area contributed by atoms with Crippen LogP contribution in [0.15, 0.2) is 30.3 Å². The molecule has 2 amide bonds. The van der Waals surface area contributed by atoms with Crippen molar-refractivity contribution in [2.45, 2.75) is 51.6 Å². The van der Waals surface area contributed by atoms with Crippen molar-refractivity contribution < 1.29 is 9.59 Å². The SMILES string of the molecule is Cc1cc(C(=O)N[C@@H]2CCN(c3ccc(Cl)cc3)C2=O)c2nc3n(c2n1)CCCCC3. The molecule has 0 bridgehead atoms. The number of carbonyl (C=O) groups excluding carboxylic acids is 2. The van der Waals surface area contributed by atoms with Gasteiger partial charge in [-0.2, -0.15) is 0 Å². The number of imidazole rings is 1. The lowest BCUT2D eigenvalue weighted by Gasteiger charge is -2.17. The van der Waals surface area contributed by atoms with E-state index in [0.29, 0.717) is 29.1 Å². The summed E-state index contributed by atoms with van der Waals surface area (Å²) in [6, 6.07) is 8.36. The van der Waals surface area contributed by atoms with Gasteiger partial charge >= 0.3 is 0 Å². The number of carbonyl (C=O) groups is 2. The number of amides is 2. The van der Waals surface area contributed by atoms with Crippen LogP contribution in [0.3, 0.4) is 0 Å². The Labute approximate surface area is 185 Å². The smallest absolute Gasteiger partial charge is 0.254 e. The average Bonchev–Trinajstić information content (AvgIpc) is 3.18. The van der Waals surface area contributed by atoms with Gasteiger partial charge in [0.15, 0.2) is 5.65 Å². The van der Waals surface area contributed by atoms with E-state index in [1.807, 2.05) is 19.1 Å². The van der Waals surface area contributed by atoms with Gasteiger partial charge in [0, 0.05) is 35.9 Å². The highest BCUT2D eigenvalue weighted by Gasteiger charge is 2.34. The van der Waals surface area contributed by atoms with Crippen molar-refractivity contribution in [3.05, 3.63) is 52.4 Å². The van der Waals surface area contributed by atoms with Gasteiger partial charge in [-0.1, -0.05) is 18.0 Å². The van der Waals surface area contributed by atoms with Crippen LogP contribution in [0, 0.1) is 6.92 Å². The number of halogens is 1. The lowest BCUT2D eigenvalue weighted by molar-refractivity contribution is -0.118. The Kier molecular flexibility index (Phi) is 5.14. The molecule has 31 heavy (non-hydrogen) atoms. The molecule has 8 heteroatoms. The van der Waals surface area contributed by atoms with Gasteiger partial charge < -0.3 is 14.8 Å². The molecule has 0 aliphatic carbocycles. The molecule has 1 fully saturated rings. The number of nitrogens with zero attached hydrogens (tertiary/aromatic N) is 4. The minimum absolute atomic E-state index is 0.113. The van der Waals surface area contributed by atoms with E-state index in [2.05, 4.69) is 14.9 Å². The first kappa shape index (κ1) is 20.0. The molecule has 1 atom stereocenters. The first-order chi connectivity index (χ1) is 15.0. The van der Waals surface area contributed by atoms with Crippen molar-refractivity contribution in [2.75, 3.05) is 11.4 Å². The van der Waals surface area contributed by atoms with Crippen LogP contribution >= 0.6 is 11.6 Å². The van der Waals surface area contributed by atoms with Crippen LogP contribution in [0.4, 0.5) is 5.69 Å². The van der Waals surface area contributed by atoms with Crippen LogP contribution in [0.2, 0.25) is 5.02 Å². The molecule has 2 aliphatic heterocycles. The molecular weight excluding hydrogens is 414 g/mol. The Bertz CT molecular complexity index is 1170. The van der Waals surface area contributed by atoms with E-state index in [4.69, 9.17) is 16.6 Å². The molecular formula is C23H24ClN5O2. The number of hydrogen-bond donors (Lipinski definition) is 1. The molecule has 0 radical (unpaired) electrons. The van der Waals surface area contributed by atoms with Gasteiger partial charge in [0.1, 0.15) is 17.4 Å². The fourth-order valence-corrected chi connectivity index (χ4v) is 4.64. The number of benzene rings is 1. The molecule has 160 valence electrons. The van der Waals surface area contributed by atoms with Gasteiger partial charge in [-0.3, -0.25) is 9.59 Å². The third-order valence-corrected chi connectivity index (χ3v) is 6.34. The Hall–Kier alpha value is -2.93. The third kappa shape index (κ3) is 3.67. The van der Waals surface area contributed by atoms with E-state index in [1.54, 1.807) is 23.1 Å². The summed E-state index contributed by atoms with van der Waals surface area (Å²) in [5, 5.41) is 3.56. The van der Waals surface area contributed by atoms with Crippen molar-refractivity contribution in [1.82, 2.24) is 19.9 Å². The number of anilines is 1. The van der Waals surface area contributed by atoms with E-state index in [9.17, 15) is 9.59 Å². The van der Waals surface area contributed by atoms with Gasteiger partial charge in [0.05, 0.1) is 5.56 Å². The maximum atomic E-state index is 13.2. The monoisotopic (exact) mass is 437 g/mol. The summed E-state index contributed by atoms with van der Waals surface area (Å²) in [6.07, 6.45) is 4.82. The summed E-state index contributed by atoms with van der Waals surface area (Å²) in [5.41, 5.74) is 3.43. The number of hydrogen-bond acceptors (Lipinski definition) is 4. The number of nitrogens with one attached hydrogen (secondary N) is 1. The molecule has 1 saturated heterocycles. The fourth-order valence-electron chi connectivity index (χ4n) is 4.52. The van der Waals surface area contributed by atoms with Crippen LogP contribution in [0.1, 0.15) is 47.6 Å². The van der Waals surface area contributed by atoms with Crippen molar-refractivity contribution in [1.29, 1.82) is 0 Å². The van der Waals surface area contributed by atoms with Gasteiger partial charge in [0.25, 0.3) is 5.91 Å². The normalized spacial score (nSPS) is 18.8. The summed E-state index contributed by atoms with van der Waals surface area (Å²) in [7, 11) is 0. The zero-order valence-electron chi connectivity index (χ0n) is 17.4. The quantitative estimate of drug-likeness (QED) is 0.678. The van der Waals surface area contributed by atoms with Crippen LogP contribution in [-0.2, 0) is 17.8 Å². The molecule has 4 heterocycles. The van der Waals surface area contributed by atoms with Crippen LogP contribution in [0.5, 0.6) is 0 Å². The Morgan fingerprint density at radius 1 is 1.13 bits per heavy atom. The molecule has 1 N–H and O–H groups in total. The van der Waals surface area contributed by atoms with E-state index < -0.39 is 6.04 Å². The molecule has 7 nitrogen and oxygen atoms in total. The van der Waals surface area contributed by atoms with E-state index in [1.165, 1.54) is 6.42 Å². The minimum atomic E-state index is -0.563. The molecule has 0 spiro atoms. The second kappa shape index (κ2) is 7.96. The highest BCUT2D eigenvalue weighted by molar-refractivity contribution is 6.30. The van der Waals surface area contributed by atoms with Crippen LogP contribution < -0.4 is 10.2 Å². The maximum absolute atomic E-state index is 13.2. The van der Waals surface area contributed by atoms with Crippen LogP contribution in [-0.4, -0.2) is 38.9 Å². The summed E-state index contributed by atoms with van der Waals surface area (Å²) in [5.74, 6) is 0.601. The number of fused-ring (bicyclic) bond motifs is 3. The zero-order valence-corrected chi connectivity index (χ0v) is 18.2. The average molecular weight is 438 g/mol. The van der Waals surface area contributed by atoms with Crippen molar-refractivity contribution >= 4 is 40.3 Å². The molecule has 5 rings (SSSR count). The predicted octanol–water partition coefficient (Wildman–Crippen LogP) is 3.65. The van der Waals surface area contributed by atoms with Gasteiger partial charge in [-0.05, 0) is 56.5 Å². The van der Waals surface area contributed by atoms with Crippen molar-refractivity contribution in [3.8, 4) is 0 Å². The highest BCUT2D eigenvalue weighted by atomic mass is 35.5. The van der Waals surface area contributed by atoms with Crippen molar-refractivity contribution in [3.63, 3.8) is 0 Å². The number of aryl methyl sites for hydroxylation is 3. The highest BCUT2D eigenvalue weighted by Crippen LogP contribution is 2.26. The molecule has 0 unspecified atom stereocenters. The number of rotatable bonds is 3. The van der Waals surface area contributed by atoms with Gasteiger partial charge in [-0.25, -0.2) is 9.97 Å². The van der Waals surface area contributed by atoms with Crippen molar-refractivity contribution in [2.24, 2.45) is 0 Å². The molecule has 3 aromatic rings. The summed E-state index contributed by atoms with van der Waals surface area (Å²) in [6.45, 7) is 3.31. The first-order valence-electron chi connectivity index (χ1n) is 10.8. The van der Waals surface area contributed by atoms with E-state index in [-0.39, 0.29) is 11.8 Å². The Morgan fingerprint density at radius 3 is 2.74 bits per heavy atom. The lowest BCUT2D eigenvalue weighted by Crippen LogP contribution is -2.41. The summed E-state index contributed by atoms with van der Waals surface area (Å²) >= 11 is 5.95. The fraction of sp³-hybridized carbons (Fsp3) is 0.391. The van der Waals surface area contributed by atoms with E-state index >= 15 is 0 Å². The molecule has 2 aromatic heterocycles. The summed E-state index contributed by atoms with van der Waals surface area (Å²) < 4.78 is 2.15. The maximum Gasteiger partial charge on any atom is 0.254 e. The molecule has 1 aromatic carbocycles. The third-order valence-electron chi connectivity index (χ3n) is 6.09. The Balaban J connectivity index is 1.41. The topological polar surface area (TPSA) is 80.1 Å². The molecule has 0 saturated carbocycles. The predicted molar refractivity (Wildman–Crippen MR) is 119 cm³/mol. The largest absolute Gasteiger partial charge is 0.340 e. The first-order valence-corrected chi connectivity index (χ1v) is 11.1.